The first-order chi connectivity index (χ1) is 26.6. The lowest BCUT2D eigenvalue weighted by molar-refractivity contribution is -0.161. The van der Waals surface area contributed by atoms with Crippen molar-refractivity contribution < 1.29 is 47.5 Å². The van der Waals surface area contributed by atoms with Crippen molar-refractivity contribution in [3.05, 3.63) is 72.9 Å². The smallest absolute Gasteiger partial charge is 0.472 e. The van der Waals surface area contributed by atoms with Crippen molar-refractivity contribution in [2.24, 2.45) is 5.73 Å². The fourth-order valence-corrected chi connectivity index (χ4v) is 5.74. The van der Waals surface area contributed by atoms with Gasteiger partial charge in [-0.1, -0.05) is 125 Å². The predicted octanol–water partition coefficient (Wildman–Crippen LogP) is 10.6. The summed E-state index contributed by atoms with van der Waals surface area (Å²) in [7, 11) is -4.73. The summed E-state index contributed by atoms with van der Waals surface area (Å²) in [6, 6.07) is -1.53. The minimum Gasteiger partial charge on any atom is -0.480 e. The summed E-state index contributed by atoms with van der Waals surface area (Å²) >= 11 is 0. The lowest BCUT2D eigenvalue weighted by Gasteiger charge is -2.20. The summed E-state index contributed by atoms with van der Waals surface area (Å²) in [4.78, 5) is 45.9. The Balaban J connectivity index is 4.51. The number of carboxylic acids is 1. The fraction of sp³-hybridized carbons (Fsp3) is 0.651. The third kappa shape index (κ3) is 37.6. The fourth-order valence-electron chi connectivity index (χ4n) is 4.97. The number of hydrogen-bond acceptors (Lipinski definition) is 9. The van der Waals surface area contributed by atoms with Crippen LogP contribution in [0.1, 0.15) is 149 Å². The van der Waals surface area contributed by atoms with Crippen LogP contribution >= 0.6 is 7.82 Å². The van der Waals surface area contributed by atoms with Gasteiger partial charge in [-0.25, -0.2) is 4.57 Å². The standard InChI is InChI=1S/C43H72NO10P/c1-3-5-7-9-11-13-15-17-19-21-22-24-26-28-30-32-34-41(45)51-36-39(37-52-55(49,50)53-38-40(44)43(47)48)54-42(46)35-33-31-29-27-25-23-20-18-16-14-12-10-8-6-4-2/h6,8,12-15,18-21,25,27,39-40H,3-5,7,9-11,16-17,22-24,26,28-38,44H2,1-2H3,(H,47,48)(H,49,50)/b8-6-,14-12-,15-13-,20-18-,21-19-,27-25-. The van der Waals surface area contributed by atoms with E-state index in [1.165, 1.54) is 25.7 Å². The van der Waals surface area contributed by atoms with Crippen LogP contribution in [0, 0.1) is 0 Å². The summed E-state index contributed by atoms with van der Waals surface area (Å²) in [5.74, 6) is -2.46. The Kier molecular flexibility index (Phi) is 35.7. The number of hydrogen-bond donors (Lipinski definition) is 3. The van der Waals surface area contributed by atoms with E-state index in [1.807, 2.05) is 0 Å². The largest absolute Gasteiger partial charge is 0.480 e. The van der Waals surface area contributed by atoms with Gasteiger partial charge in [-0.15, -0.1) is 0 Å². The third-order valence-corrected chi connectivity index (χ3v) is 9.14. The van der Waals surface area contributed by atoms with Gasteiger partial charge in [0.1, 0.15) is 12.6 Å². The molecule has 0 aliphatic rings. The lowest BCUT2D eigenvalue weighted by atomic mass is 10.1. The zero-order valence-electron chi connectivity index (χ0n) is 33.7. The van der Waals surface area contributed by atoms with E-state index >= 15 is 0 Å². The molecule has 0 aliphatic heterocycles. The number of aliphatic carboxylic acids is 1. The molecule has 0 radical (unpaired) electrons. The molecule has 3 atom stereocenters. The van der Waals surface area contributed by atoms with Gasteiger partial charge in [0.2, 0.25) is 0 Å². The second kappa shape index (κ2) is 37.8. The van der Waals surface area contributed by atoms with Crippen LogP contribution in [0.3, 0.4) is 0 Å². The van der Waals surface area contributed by atoms with Gasteiger partial charge >= 0.3 is 25.7 Å². The van der Waals surface area contributed by atoms with Crippen LogP contribution in [-0.4, -0.2) is 59.9 Å². The topological polar surface area (TPSA) is 172 Å². The molecule has 0 spiro atoms. The highest BCUT2D eigenvalue weighted by atomic mass is 31.2. The Bertz CT molecular complexity index is 1210. The normalized spacial score (nSPS) is 14.5. The van der Waals surface area contributed by atoms with Crippen molar-refractivity contribution in [2.45, 2.75) is 161 Å². The van der Waals surface area contributed by atoms with Crippen LogP contribution in [0.2, 0.25) is 0 Å². The Morgan fingerprint density at radius 3 is 1.56 bits per heavy atom. The zero-order chi connectivity index (χ0) is 40.7. The molecule has 0 rings (SSSR count). The first-order valence-electron chi connectivity index (χ1n) is 20.5. The van der Waals surface area contributed by atoms with Gasteiger partial charge in [-0.05, 0) is 83.5 Å². The Hall–Kier alpha value is -3.08. The van der Waals surface area contributed by atoms with Gasteiger partial charge in [0.25, 0.3) is 0 Å². The minimum absolute atomic E-state index is 0.102. The van der Waals surface area contributed by atoms with Gasteiger partial charge < -0.3 is 25.2 Å². The number of carboxylic acid groups (broad SMARTS) is 1. The van der Waals surface area contributed by atoms with Gasteiger partial charge in [0.15, 0.2) is 6.10 Å². The van der Waals surface area contributed by atoms with E-state index in [2.05, 4.69) is 91.3 Å². The average molecular weight is 794 g/mol. The third-order valence-electron chi connectivity index (χ3n) is 8.19. The van der Waals surface area contributed by atoms with Gasteiger partial charge in [-0.2, -0.15) is 0 Å². The molecule has 0 aliphatic carbocycles. The predicted molar refractivity (Wildman–Crippen MR) is 221 cm³/mol. The molecule has 11 nitrogen and oxygen atoms in total. The maximum atomic E-state index is 12.6. The van der Waals surface area contributed by atoms with Crippen LogP contribution in [0.5, 0.6) is 0 Å². The van der Waals surface area contributed by atoms with E-state index in [-0.39, 0.29) is 19.4 Å². The highest BCUT2D eigenvalue weighted by molar-refractivity contribution is 7.47. The first-order valence-corrected chi connectivity index (χ1v) is 22.0. The molecular weight excluding hydrogens is 721 g/mol. The molecule has 3 unspecified atom stereocenters. The number of allylic oxidation sites excluding steroid dienone is 12. The monoisotopic (exact) mass is 793 g/mol. The number of esters is 2. The number of carbonyl (C=O) groups is 3. The molecule has 12 heteroatoms. The van der Waals surface area contributed by atoms with Crippen molar-refractivity contribution >= 4 is 25.7 Å². The lowest BCUT2D eigenvalue weighted by Crippen LogP contribution is -2.34. The van der Waals surface area contributed by atoms with Crippen LogP contribution in [0.25, 0.3) is 0 Å². The Morgan fingerprint density at radius 2 is 1.02 bits per heavy atom. The molecular formula is C43H72NO10P. The maximum absolute atomic E-state index is 12.6. The van der Waals surface area contributed by atoms with Crippen molar-refractivity contribution in [3.63, 3.8) is 0 Å². The summed E-state index contributed by atoms with van der Waals surface area (Å²) in [6.45, 7) is 2.59. The SMILES string of the molecule is CC/C=C\C/C=C\C/C=C\C/C=C\CCCCC(=O)OC(COC(=O)CCCCCCC/C=C\C/C=C\CCCCCC)COP(=O)(O)OCC(N)C(=O)O. The summed E-state index contributed by atoms with van der Waals surface area (Å²) < 4.78 is 32.6. The molecule has 0 fully saturated rings. The Morgan fingerprint density at radius 1 is 0.582 bits per heavy atom. The average Bonchev–Trinajstić information content (AvgIpc) is 3.16. The van der Waals surface area contributed by atoms with Crippen LogP contribution in [-0.2, 0) is 37.5 Å². The molecule has 0 heterocycles. The van der Waals surface area contributed by atoms with Crippen LogP contribution < -0.4 is 5.73 Å². The van der Waals surface area contributed by atoms with Gasteiger partial charge in [-0.3, -0.25) is 23.4 Å². The quantitative estimate of drug-likeness (QED) is 0.0236. The van der Waals surface area contributed by atoms with E-state index in [9.17, 15) is 23.8 Å². The Labute approximate surface area is 331 Å². The number of carbonyl (C=O) groups excluding carboxylic acids is 2. The van der Waals surface area contributed by atoms with Crippen molar-refractivity contribution in [2.75, 3.05) is 19.8 Å². The molecule has 314 valence electrons. The van der Waals surface area contributed by atoms with Crippen molar-refractivity contribution in [1.82, 2.24) is 0 Å². The number of phosphoric ester groups is 1. The second-order valence-electron chi connectivity index (χ2n) is 13.4. The maximum Gasteiger partial charge on any atom is 0.472 e. The molecule has 0 saturated heterocycles. The molecule has 4 N–H and O–H groups in total. The second-order valence-corrected chi connectivity index (χ2v) is 14.8. The van der Waals surface area contributed by atoms with Gasteiger partial charge in [0, 0.05) is 12.8 Å². The number of ether oxygens (including phenoxy) is 2. The van der Waals surface area contributed by atoms with Crippen molar-refractivity contribution in [1.29, 1.82) is 0 Å². The molecule has 0 aromatic heterocycles. The minimum atomic E-state index is -4.73. The van der Waals surface area contributed by atoms with E-state index in [0.717, 1.165) is 83.5 Å². The van der Waals surface area contributed by atoms with Crippen LogP contribution in [0.4, 0.5) is 0 Å². The number of phosphoric acid groups is 1. The number of rotatable bonds is 37. The van der Waals surface area contributed by atoms with Crippen LogP contribution in [0.15, 0.2) is 72.9 Å². The molecule has 55 heavy (non-hydrogen) atoms. The number of nitrogens with two attached hydrogens (primary N) is 1. The summed E-state index contributed by atoms with van der Waals surface area (Å²) in [5, 5.41) is 8.87. The van der Waals surface area contributed by atoms with Crippen molar-refractivity contribution in [3.8, 4) is 0 Å². The molecule has 0 bridgehead atoms. The molecule has 0 amide bonds. The van der Waals surface area contributed by atoms with Gasteiger partial charge in [0.05, 0.1) is 13.2 Å². The highest BCUT2D eigenvalue weighted by Crippen LogP contribution is 2.43. The summed E-state index contributed by atoms with van der Waals surface area (Å²) in [5.41, 5.74) is 5.32. The van der Waals surface area contributed by atoms with E-state index in [4.69, 9.17) is 24.8 Å². The molecule has 0 saturated carbocycles. The van der Waals surface area contributed by atoms with E-state index < -0.39 is 51.1 Å². The van der Waals surface area contributed by atoms with E-state index in [1.54, 1.807) is 0 Å². The zero-order valence-corrected chi connectivity index (χ0v) is 34.6. The molecule has 0 aromatic carbocycles. The molecule has 0 aromatic rings. The summed E-state index contributed by atoms with van der Waals surface area (Å²) in [6.07, 6.45) is 44.0. The first kappa shape index (κ1) is 51.9. The van der Waals surface area contributed by atoms with E-state index in [0.29, 0.717) is 12.8 Å². The number of unbranched alkanes of at least 4 members (excludes halogenated alkanes) is 11. The highest BCUT2D eigenvalue weighted by Gasteiger charge is 2.28.